The van der Waals surface area contributed by atoms with Crippen LogP contribution in [-0.4, -0.2) is 0 Å². The Hall–Kier alpha value is -5.86. The van der Waals surface area contributed by atoms with Crippen LogP contribution in [0.2, 0.25) is 0 Å². The average Bonchev–Trinajstić information content (AvgIpc) is 3.74. The second-order valence-electron chi connectivity index (χ2n) is 15.2. The summed E-state index contributed by atoms with van der Waals surface area (Å²) >= 11 is 0. The first kappa shape index (κ1) is 33.0. The van der Waals surface area contributed by atoms with Crippen molar-refractivity contribution in [2.24, 2.45) is 0 Å². The summed E-state index contributed by atoms with van der Waals surface area (Å²) in [5, 5.41) is 0. The first-order valence-electron chi connectivity index (χ1n) is 19.1. The summed E-state index contributed by atoms with van der Waals surface area (Å²) < 4.78 is 0. The van der Waals surface area contributed by atoms with Crippen LogP contribution >= 0.6 is 0 Å². The molecule has 0 heterocycles. The van der Waals surface area contributed by atoms with Crippen molar-refractivity contribution in [1.29, 1.82) is 0 Å². The second-order valence-corrected chi connectivity index (χ2v) is 15.2. The molecule has 2 aliphatic rings. The molecule has 2 nitrogen and oxygen atoms in total. The van der Waals surface area contributed by atoms with Gasteiger partial charge in [0.1, 0.15) is 0 Å². The van der Waals surface area contributed by atoms with E-state index in [0.29, 0.717) is 0 Å². The highest BCUT2D eigenvalue weighted by Crippen LogP contribution is 2.55. The van der Waals surface area contributed by atoms with Crippen LogP contribution in [-0.2, 0) is 18.3 Å². The van der Waals surface area contributed by atoms with Crippen molar-refractivity contribution in [3.8, 4) is 11.1 Å². The second kappa shape index (κ2) is 13.3. The highest BCUT2D eigenvalue weighted by Gasteiger charge is 2.45. The number of hydrogen-bond donors (Lipinski definition) is 0. The molecule has 7 aromatic rings. The van der Waals surface area contributed by atoms with Crippen LogP contribution in [0, 0.1) is 27.7 Å². The highest BCUT2D eigenvalue weighted by molar-refractivity contribution is 5.83. The maximum absolute atomic E-state index is 2.54. The molecule has 1 spiro atoms. The van der Waals surface area contributed by atoms with E-state index in [4.69, 9.17) is 0 Å². The molecule has 0 radical (unpaired) electrons. The third-order valence-corrected chi connectivity index (χ3v) is 12.0. The fraction of sp³-hybridized carbons (Fsp3) is 0.176. The summed E-state index contributed by atoms with van der Waals surface area (Å²) in [6, 6.07) is 58.6. The van der Waals surface area contributed by atoms with Gasteiger partial charge in [-0.3, -0.25) is 0 Å². The Balaban J connectivity index is 1.17. The zero-order valence-electron chi connectivity index (χ0n) is 31.2. The minimum atomic E-state index is -0.00556. The van der Waals surface area contributed by atoms with Gasteiger partial charge in [-0.15, -0.1) is 0 Å². The van der Waals surface area contributed by atoms with Gasteiger partial charge in [0, 0.05) is 33.9 Å². The Morgan fingerprint density at radius 2 is 0.830 bits per heavy atom. The molecule has 0 N–H and O–H groups in total. The van der Waals surface area contributed by atoms with Gasteiger partial charge in [0.15, 0.2) is 0 Å². The molecule has 53 heavy (non-hydrogen) atoms. The van der Waals surface area contributed by atoms with E-state index in [9.17, 15) is 0 Å². The minimum absolute atomic E-state index is 0.00556. The maximum Gasteiger partial charge on any atom is 0.0519 e. The predicted octanol–water partition coefficient (Wildman–Crippen LogP) is 13.7. The van der Waals surface area contributed by atoms with Crippen LogP contribution in [0.5, 0.6) is 0 Å². The molecule has 0 bridgehead atoms. The SMILES string of the molecule is Cc1cccc(C)c1-c1ccc(N(c2ccc3c(c2)[C@]2(CCc4ccc(N(c5ccccc5)c5ccccc5)cc42)CC3)c2c(C)cccc2C)cc1. The number of nitrogens with zero attached hydrogens (tertiary/aromatic N) is 2. The third-order valence-electron chi connectivity index (χ3n) is 12.0. The van der Waals surface area contributed by atoms with Crippen LogP contribution in [0.3, 0.4) is 0 Å². The monoisotopic (exact) mass is 686 g/mol. The third kappa shape index (κ3) is 5.65. The Bertz CT molecular complexity index is 2360. The molecule has 0 saturated heterocycles. The molecule has 0 unspecified atom stereocenters. The molecule has 7 aromatic carbocycles. The van der Waals surface area contributed by atoms with E-state index in [1.807, 2.05) is 0 Å². The molecule has 1 atom stereocenters. The Labute approximate surface area is 315 Å². The lowest BCUT2D eigenvalue weighted by molar-refractivity contribution is 0.507. The fourth-order valence-electron chi connectivity index (χ4n) is 9.45. The van der Waals surface area contributed by atoms with E-state index in [1.54, 1.807) is 0 Å². The smallest absolute Gasteiger partial charge is 0.0519 e. The Kier molecular flexibility index (Phi) is 8.27. The van der Waals surface area contributed by atoms with E-state index in [1.165, 1.54) is 89.8 Å². The fourth-order valence-corrected chi connectivity index (χ4v) is 9.45. The summed E-state index contributed by atoms with van der Waals surface area (Å²) in [7, 11) is 0. The lowest BCUT2D eigenvalue weighted by Crippen LogP contribution is -2.22. The number of benzene rings is 7. The number of para-hydroxylation sites is 3. The predicted molar refractivity (Wildman–Crippen MR) is 224 cm³/mol. The van der Waals surface area contributed by atoms with Crippen molar-refractivity contribution < 1.29 is 0 Å². The van der Waals surface area contributed by atoms with Gasteiger partial charge in [0.25, 0.3) is 0 Å². The van der Waals surface area contributed by atoms with Crippen molar-refractivity contribution in [1.82, 2.24) is 0 Å². The molecule has 0 fully saturated rings. The molecule has 2 heteroatoms. The number of anilines is 6. The van der Waals surface area contributed by atoms with Gasteiger partial charge in [0.2, 0.25) is 0 Å². The van der Waals surface area contributed by atoms with E-state index in [0.717, 1.165) is 25.7 Å². The largest absolute Gasteiger partial charge is 0.310 e. The molecule has 0 amide bonds. The topological polar surface area (TPSA) is 6.48 Å². The van der Waals surface area contributed by atoms with Gasteiger partial charge >= 0.3 is 0 Å². The lowest BCUT2D eigenvalue weighted by atomic mass is 9.76. The first-order valence-corrected chi connectivity index (χ1v) is 19.1. The average molecular weight is 687 g/mol. The summed E-state index contributed by atoms with van der Waals surface area (Å²) in [5.74, 6) is 0. The molecule has 0 saturated carbocycles. The van der Waals surface area contributed by atoms with Crippen molar-refractivity contribution >= 4 is 34.1 Å². The zero-order valence-corrected chi connectivity index (χ0v) is 31.2. The summed E-state index contributed by atoms with van der Waals surface area (Å²) in [6.07, 6.45) is 4.50. The van der Waals surface area contributed by atoms with Crippen molar-refractivity contribution in [2.45, 2.75) is 58.8 Å². The van der Waals surface area contributed by atoms with Crippen LogP contribution < -0.4 is 9.80 Å². The minimum Gasteiger partial charge on any atom is -0.310 e. The van der Waals surface area contributed by atoms with Crippen molar-refractivity contribution in [3.05, 3.63) is 202 Å². The quantitative estimate of drug-likeness (QED) is 0.165. The van der Waals surface area contributed by atoms with Crippen molar-refractivity contribution in [3.63, 3.8) is 0 Å². The van der Waals surface area contributed by atoms with Crippen LogP contribution in [0.15, 0.2) is 158 Å². The van der Waals surface area contributed by atoms with Gasteiger partial charge < -0.3 is 9.80 Å². The number of rotatable bonds is 7. The molecule has 260 valence electrons. The normalized spacial score (nSPS) is 15.7. The number of fused-ring (bicyclic) bond motifs is 4. The van der Waals surface area contributed by atoms with E-state index in [2.05, 4.69) is 195 Å². The first-order chi connectivity index (χ1) is 25.9. The van der Waals surface area contributed by atoms with Gasteiger partial charge in [-0.2, -0.15) is 0 Å². The zero-order chi connectivity index (χ0) is 36.1. The van der Waals surface area contributed by atoms with Crippen molar-refractivity contribution in [2.75, 3.05) is 9.80 Å². The molecule has 2 aliphatic carbocycles. The Morgan fingerprint density at radius 1 is 0.396 bits per heavy atom. The van der Waals surface area contributed by atoms with Gasteiger partial charge in [-0.05, 0) is 170 Å². The van der Waals surface area contributed by atoms with E-state index in [-0.39, 0.29) is 5.41 Å². The lowest BCUT2D eigenvalue weighted by Gasteiger charge is -2.32. The summed E-state index contributed by atoms with van der Waals surface area (Å²) in [4.78, 5) is 4.91. The highest BCUT2D eigenvalue weighted by atomic mass is 15.2. The van der Waals surface area contributed by atoms with Crippen LogP contribution in [0.1, 0.15) is 57.3 Å². The Morgan fingerprint density at radius 3 is 1.34 bits per heavy atom. The molecule has 0 aromatic heterocycles. The van der Waals surface area contributed by atoms with Gasteiger partial charge in [-0.25, -0.2) is 0 Å². The molecule has 0 aliphatic heterocycles. The van der Waals surface area contributed by atoms with E-state index >= 15 is 0 Å². The van der Waals surface area contributed by atoms with Gasteiger partial charge in [0.05, 0.1) is 5.69 Å². The maximum atomic E-state index is 2.54. The number of hydrogen-bond acceptors (Lipinski definition) is 2. The molecule has 9 rings (SSSR count). The summed E-state index contributed by atoms with van der Waals surface area (Å²) in [6.45, 7) is 8.92. The van der Waals surface area contributed by atoms with Gasteiger partial charge in [-0.1, -0.05) is 97.1 Å². The van der Waals surface area contributed by atoms with E-state index < -0.39 is 0 Å². The van der Waals surface area contributed by atoms with Crippen LogP contribution in [0.4, 0.5) is 34.1 Å². The number of aryl methyl sites for hydroxylation is 6. The van der Waals surface area contributed by atoms with Crippen LogP contribution in [0.25, 0.3) is 11.1 Å². The standard InChI is InChI=1S/C51H46N2/c1-35-13-11-14-36(2)49(35)41-23-25-44(26-24-41)53(50-37(3)15-12-16-38(50)4)46-28-22-40-30-32-51(48(40)34-46)31-29-39-21-27-45(33-47(39)51)52(42-17-7-5-8-18-42)43-19-9-6-10-20-43/h5-28,33-34H,29-32H2,1-4H3/t51-/m1/s1. The molecular formula is C51H46N2. The molecular weight excluding hydrogens is 641 g/mol. The summed E-state index contributed by atoms with van der Waals surface area (Å²) in [5.41, 5.74) is 21.0.